The van der Waals surface area contributed by atoms with Crippen molar-refractivity contribution in [3.8, 4) is 0 Å². The van der Waals surface area contributed by atoms with Crippen molar-refractivity contribution < 1.29 is 23.5 Å². The van der Waals surface area contributed by atoms with Gasteiger partial charge in [-0.2, -0.15) is 0 Å². The molecule has 154 valence electrons. The lowest BCUT2D eigenvalue weighted by Crippen LogP contribution is -2.46. The molecule has 0 bridgehead atoms. The maximum absolute atomic E-state index is 13.7. The summed E-state index contributed by atoms with van der Waals surface area (Å²) >= 11 is 5.66. The second-order valence-corrected chi connectivity index (χ2v) is 7.23. The Morgan fingerprint density at radius 3 is 2.45 bits per heavy atom. The van der Waals surface area contributed by atoms with Crippen LogP contribution in [0.15, 0.2) is 42.5 Å². The molecule has 2 rings (SSSR count). The Bertz CT molecular complexity index is 917. The second kappa shape index (κ2) is 10.0. The fourth-order valence-corrected chi connectivity index (χ4v) is 2.71. The van der Waals surface area contributed by atoms with Gasteiger partial charge in [-0.05, 0) is 42.7 Å². The summed E-state index contributed by atoms with van der Waals surface area (Å²) in [7, 11) is 0. The van der Waals surface area contributed by atoms with Crippen LogP contribution in [0.3, 0.4) is 0 Å². The zero-order valence-corrected chi connectivity index (χ0v) is 17.0. The summed E-state index contributed by atoms with van der Waals surface area (Å²) in [4.78, 5) is 36.8. The van der Waals surface area contributed by atoms with E-state index in [1.807, 2.05) is 6.07 Å². The van der Waals surface area contributed by atoms with Crippen LogP contribution in [-0.4, -0.2) is 30.4 Å². The number of aryl methyl sites for hydroxylation is 1. The number of hydrogen-bond donors (Lipinski definition) is 2. The largest absolute Gasteiger partial charge is 0.454 e. The van der Waals surface area contributed by atoms with Crippen molar-refractivity contribution in [2.45, 2.75) is 26.8 Å². The van der Waals surface area contributed by atoms with Crippen molar-refractivity contribution in [2.24, 2.45) is 5.92 Å². The maximum Gasteiger partial charge on any atom is 0.329 e. The Morgan fingerprint density at radius 1 is 1.14 bits per heavy atom. The SMILES string of the molecule is Cc1ccccc1C(=O)N[C@H](C(=O)OCC(=O)Nc1ccc(Cl)cc1F)C(C)C. The number of rotatable bonds is 7. The molecule has 0 saturated carbocycles. The standard InChI is InChI=1S/C21H22ClFN2O4/c1-12(2)19(25-20(27)15-7-5-4-6-13(15)3)21(28)29-11-18(26)24-17-9-8-14(22)10-16(17)23/h4-10,12,19H,11H2,1-3H3,(H,24,26)(H,25,27)/t19-/m0/s1. The molecule has 0 aliphatic carbocycles. The number of carbonyl (C=O) groups excluding carboxylic acids is 3. The van der Waals surface area contributed by atoms with E-state index < -0.39 is 36.2 Å². The zero-order valence-electron chi connectivity index (χ0n) is 16.3. The van der Waals surface area contributed by atoms with Crippen LogP contribution >= 0.6 is 11.6 Å². The normalized spacial score (nSPS) is 11.7. The lowest BCUT2D eigenvalue weighted by molar-refractivity contribution is -0.150. The summed E-state index contributed by atoms with van der Waals surface area (Å²) in [6.07, 6.45) is 0. The lowest BCUT2D eigenvalue weighted by atomic mass is 10.0. The molecule has 2 N–H and O–H groups in total. The molecule has 0 aromatic heterocycles. The van der Waals surface area contributed by atoms with Gasteiger partial charge in [0.15, 0.2) is 6.61 Å². The Hall–Kier alpha value is -2.93. The van der Waals surface area contributed by atoms with Gasteiger partial charge in [-0.1, -0.05) is 43.6 Å². The Balaban J connectivity index is 1.96. The summed E-state index contributed by atoms with van der Waals surface area (Å²) in [6, 6.07) is 9.81. The molecule has 29 heavy (non-hydrogen) atoms. The number of esters is 1. The van der Waals surface area contributed by atoms with Gasteiger partial charge in [0, 0.05) is 10.6 Å². The number of amides is 2. The van der Waals surface area contributed by atoms with Crippen LogP contribution in [-0.2, 0) is 14.3 Å². The minimum atomic E-state index is -0.942. The summed E-state index contributed by atoms with van der Waals surface area (Å²) < 4.78 is 18.7. The third-order valence-corrected chi connectivity index (χ3v) is 4.38. The third-order valence-electron chi connectivity index (χ3n) is 4.15. The summed E-state index contributed by atoms with van der Waals surface area (Å²) in [5, 5.41) is 5.13. The summed E-state index contributed by atoms with van der Waals surface area (Å²) in [5.74, 6) is -2.86. The van der Waals surface area contributed by atoms with Gasteiger partial charge in [0.2, 0.25) is 0 Å². The fourth-order valence-electron chi connectivity index (χ4n) is 2.55. The van der Waals surface area contributed by atoms with E-state index in [0.717, 1.165) is 11.6 Å². The van der Waals surface area contributed by atoms with Gasteiger partial charge in [0.05, 0.1) is 5.69 Å². The first kappa shape index (κ1) is 22.4. The van der Waals surface area contributed by atoms with Crippen LogP contribution < -0.4 is 10.6 Å². The highest BCUT2D eigenvalue weighted by Crippen LogP contribution is 2.18. The van der Waals surface area contributed by atoms with E-state index in [1.165, 1.54) is 12.1 Å². The Kier molecular flexibility index (Phi) is 7.73. The van der Waals surface area contributed by atoms with Crippen molar-refractivity contribution in [1.82, 2.24) is 5.32 Å². The predicted octanol–water partition coefficient (Wildman–Crippen LogP) is 3.72. The number of benzene rings is 2. The van der Waals surface area contributed by atoms with Gasteiger partial charge < -0.3 is 15.4 Å². The van der Waals surface area contributed by atoms with Gasteiger partial charge in [0.1, 0.15) is 11.9 Å². The van der Waals surface area contributed by atoms with E-state index in [2.05, 4.69) is 10.6 Å². The fraction of sp³-hybridized carbons (Fsp3) is 0.286. The zero-order chi connectivity index (χ0) is 21.6. The number of ether oxygens (including phenoxy) is 1. The van der Waals surface area contributed by atoms with E-state index >= 15 is 0 Å². The minimum absolute atomic E-state index is 0.0799. The van der Waals surface area contributed by atoms with E-state index in [0.29, 0.717) is 5.56 Å². The first-order valence-corrected chi connectivity index (χ1v) is 9.35. The molecule has 0 spiro atoms. The Labute approximate surface area is 173 Å². The topological polar surface area (TPSA) is 84.5 Å². The molecule has 2 aromatic carbocycles. The molecule has 2 amide bonds. The van der Waals surface area contributed by atoms with Crippen LogP contribution in [0.5, 0.6) is 0 Å². The van der Waals surface area contributed by atoms with Gasteiger partial charge in [-0.15, -0.1) is 0 Å². The van der Waals surface area contributed by atoms with Crippen LogP contribution in [0, 0.1) is 18.7 Å². The number of nitrogens with one attached hydrogen (secondary N) is 2. The van der Waals surface area contributed by atoms with Crippen molar-refractivity contribution in [3.05, 3.63) is 64.4 Å². The molecule has 6 nitrogen and oxygen atoms in total. The molecule has 0 saturated heterocycles. The van der Waals surface area contributed by atoms with Crippen LogP contribution in [0.2, 0.25) is 5.02 Å². The molecule has 0 heterocycles. The third kappa shape index (κ3) is 6.29. The van der Waals surface area contributed by atoms with Gasteiger partial charge >= 0.3 is 5.97 Å². The second-order valence-electron chi connectivity index (χ2n) is 6.79. The van der Waals surface area contributed by atoms with E-state index in [1.54, 1.807) is 39.0 Å². The van der Waals surface area contributed by atoms with Crippen molar-refractivity contribution in [3.63, 3.8) is 0 Å². The smallest absolute Gasteiger partial charge is 0.329 e. The first-order valence-electron chi connectivity index (χ1n) is 8.97. The highest BCUT2D eigenvalue weighted by Gasteiger charge is 2.27. The first-order chi connectivity index (χ1) is 13.7. The predicted molar refractivity (Wildman–Crippen MR) is 108 cm³/mol. The summed E-state index contributed by atoms with van der Waals surface area (Å²) in [6.45, 7) is 4.66. The molecular formula is C21H22ClFN2O4. The van der Waals surface area contributed by atoms with E-state index in [-0.39, 0.29) is 16.6 Å². The lowest BCUT2D eigenvalue weighted by Gasteiger charge is -2.21. The monoisotopic (exact) mass is 420 g/mol. The molecule has 0 radical (unpaired) electrons. The maximum atomic E-state index is 13.7. The van der Waals surface area contributed by atoms with Gasteiger partial charge in [-0.3, -0.25) is 9.59 Å². The number of halogens is 2. The molecular weight excluding hydrogens is 399 g/mol. The molecule has 0 fully saturated rings. The van der Waals surface area contributed by atoms with Crippen LogP contribution in [0.25, 0.3) is 0 Å². The molecule has 0 aliphatic rings. The minimum Gasteiger partial charge on any atom is -0.454 e. The van der Waals surface area contributed by atoms with Crippen LogP contribution in [0.1, 0.15) is 29.8 Å². The average molecular weight is 421 g/mol. The molecule has 1 atom stereocenters. The van der Waals surface area contributed by atoms with Gasteiger partial charge in [-0.25, -0.2) is 9.18 Å². The number of hydrogen-bond acceptors (Lipinski definition) is 4. The van der Waals surface area contributed by atoms with E-state index in [4.69, 9.17) is 16.3 Å². The number of anilines is 1. The highest BCUT2D eigenvalue weighted by atomic mass is 35.5. The highest BCUT2D eigenvalue weighted by molar-refractivity contribution is 6.30. The average Bonchev–Trinajstić information content (AvgIpc) is 2.66. The quantitative estimate of drug-likeness (QED) is 0.668. The molecule has 8 heteroatoms. The van der Waals surface area contributed by atoms with Crippen LogP contribution in [0.4, 0.5) is 10.1 Å². The van der Waals surface area contributed by atoms with Crippen molar-refractivity contribution in [1.29, 1.82) is 0 Å². The van der Waals surface area contributed by atoms with Crippen molar-refractivity contribution >= 4 is 35.1 Å². The Morgan fingerprint density at radius 2 is 1.83 bits per heavy atom. The van der Waals surface area contributed by atoms with Gasteiger partial charge in [0.25, 0.3) is 11.8 Å². The molecule has 0 aliphatic heterocycles. The number of carbonyl (C=O) groups is 3. The molecule has 2 aromatic rings. The molecule has 0 unspecified atom stereocenters. The van der Waals surface area contributed by atoms with Crippen molar-refractivity contribution in [2.75, 3.05) is 11.9 Å². The summed E-state index contributed by atoms with van der Waals surface area (Å²) in [5.41, 5.74) is 1.14. The van der Waals surface area contributed by atoms with E-state index in [9.17, 15) is 18.8 Å².